The number of aliphatic hydroxyl groups excluding tert-OH is 1. The number of imidazole rings is 1. The Labute approximate surface area is 123 Å². The molecule has 2 aromatic rings. The van der Waals surface area contributed by atoms with Crippen LogP contribution in [0, 0.1) is 0 Å². The van der Waals surface area contributed by atoms with E-state index < -0.39 is 18.2 Å². The van der Waals surface area contributed by atoms with Gasteiger partial charge in [-0.1, -0.05) is 30.3 Å². The molecule has 0 spiro atoms. The summed E-state index contributed by atoms with van der Waals surface area (Å²) in [6.07, 6.45) is 3.09. The van der Waals surface area contributed by atoms with Crippen molar-refractivity contribution < 1.29 is 14.6 Å². The molecule has 1 heterocycles. The SMILES string of the molecule is COC(=O)[C@@H](N)Cc1cncn1C(O)Cc1ccccc1. The molecular formula is C15H19N3O3. The van der Waals surface area contributed by atoms with Crippen LogP contribution in [-0.2, 0) is 22.4 Å². The van der Waals surface area contributed by atoms with E-state index in [0.717, 1.165) is 5.56 Å². The van der Waals surface area contributed by atoms with Crippen molar-refractivity contribution in [2.75, 3.05) is 7.11 Å². The number of hydrogen-bond donors (Lipinski definition) is 2. The predicted molar refractivity (Wildman–Crippen MR) is 77.3 cm³/mol. The third-order valence-corrected chi connectivity index (χ3v) is 3.26. The maximum atomic E-state index is 11.4. The summed E-state index contributed by atoms with van der Waals surface area (Å²) in [5, 5.41) is 10.3. The highest BCUT2D eigenvalue weighted by Gasteiger charge is 2.19. The number of carbonyl (C=O) groups excluding carboxylic acids is 1. The molecule has 0 saturated heterocycles. The lowest BCUT2D eigenvalue weighted by Crippen LogP contribution is -2.34. The monoisotopic (exact) mass is 289 g/mol. The molecule has 3 N–H and O–H groups in total. The maximum Gasteiger partial charge on any atom is 0.323 e. The van der Waals surface area contributed by atoms with Gasteiger partial charge in [0.15, 0.2) is 0 Å². The van der Waals surface area contributed by atoms with E-state index in [4.69, 9.17) is 5.73 Å². The molecule has 2 rings (SSSR count). The van der Waals surface area contributed by atoms with Gasteiger partial charge in [-0.2, -0.15) is 0 Å². The number of benzene rings is 1. The Morgan fingerprint density at radius 1 is 1.38 bits per heavy atom. The Morgan fingerprint density at radius 2 is 2.10 bits per heavy atom. The third-order valence-electron chi connectivity index (χ3n) is 3.26. The summed E-state index contributed by atoms with van der Waals surface area (Å²) in [4.78, 5) is 15.4. The molecule has 6 heteroatoms. The van der Waals surface area contributed by atoms with Crippen molar-refractivity contribution in [3.63, 3.8) is 0 Å². The van der Waals surface area contributed by atoms with Gasteiger partial charge in [0.25, 0.3) is 0 Å². The topological polar surface area (TPSA) is 90.4 Å². The molecule has 6 nitrogen and oxygen atoms in total. The van der Waals surface area contributed by atoms with E-state index in [1.54, 1.807) is 10.8 Å². The zero-order chi connectivity index (χ0) is 15.2. The quantitative estimate of drug-likeness (QED) is 0.762. The van der Waals surface area contributed by atoms with Crippen LogP contribution >= 0.6 is 0 Å². The number of nitrogens with two attached hydrogens (primary N) is 1. The first-order valence-corrected chi connectivity index (χ1v) is 6.68. The second-order valence-electron chi connectivity index (χ2n) is 4.80. The van der Waals surface area contributed by atoms with Crippen LogP contribution in [-0.4, -0.2) is 33.8 Å². The number of carbonyl (C=O) groups is 1. The van der Waals surface area contributed by atoms with Crippen LogP contribution in [0.15, 0.2) is 42.9 Å². The Kier molecular flexibility index (Phi) is 5.08. The first-order chi connectivity index (χ1) is 10.1. The Hall–Kier alpha value is -2.18. The van der Waals surface area contributed by atoms with Gasteiger partial charge in [-0.05, 0) is 5.56 Å². The van der Waals surface area contributed by atoms with Gasteiger partial charge in [0.1, 0.15) is 12.3 Å². The highest BCUT2D eigenvalue weighted by atomic mass is 16.5. The van der Waals surface area contributed by atoms with Crippen LogP contribution in [0.5, 0.6) is 0 Å². The van der Waals surface area contributed by atoms with Gasteiger partial charge in [0, 0.05) is 24.7 Å². The van der Waals surface area contributed by atoms with Crippen LogP contribution in [0.4, 0.5) is 0 Å². The molecule has 0 fully saturated rings. The molecule has 0 aliphatic carbocycles. The summed E-state index contributed by atoms with van der Waals surface area (Å²) in [5.74, 6) is -0.486. The van der Waals surface area contributed by atoms with E-state index >= 15 is 0 Å². The summed E-state index contributed by atoms with van der Waals surface area (Å²) in [5.41, 5.74) is 7.45. The largest absolute Gasteiger partial charge is 0.468 e. The second-order valence-corrected chi connectivity index (χ2v) is 4.80. The molecule has 1 aromatic carbocycles. The van der Waals surface area contributed by atoms with Crippen molar-refractivity contribution in [2.24, 2.45) is 5.73 Å². The molecule has 0 bridgehead atoms. The second kappa shape index (κ2) is 7.01. The zero-order valence-electron chi connectivity index (χ0n) is 11.8. The van der Waals surface area contributed by atoms with Gasteiger partial charge in [-0.15, -0.1) is 0 Å². The number of esters is 1. The van der Waals surface area contributed by atoms with Crippen molar-refractivity contribution in [2.45, 2.75) is 25.1 Å². The molecule has 0 radical (unpaired) electrons. The van der Waals surface area contributed by atoms with Crippen LogP contribution in [0.3, 0.4) is 0 Å². The Balaban J connectivity index is 2.07. The highest BCUT2D eigenvalue weighted by molar-refractivity contribution is 5.75. The number of nitrogens with zero attached hydrogens (tertiary/aromatic N) is 2. The summed E-state index contributed by atoms with van der Waals surface area (Å²) >= 11 is 0. The van der Waals surface area contributed by atoms with Crippen molar-refractivity contribution in [1.29, 1.82) is 0 Å². The predicted octanol–water partition coefficient (Wildman–Crippen LogP) is 0.659. The third kappa shape index (κ3) is 3.90. The Bertz CT molecular complexity index is 583. The summed E-state index contributed by atoms with van der Waals surface area (Å²) in [6, 6.07) is 8.89. The first kappa shape index (κ1) is 15.2. The smallest absolute Gasteiger partial charge is 0.323 e. The number of methoxy groups -OCH3 is 1. The van der Waals surface area contributed by atoms with Crippen LogP contribution in [0.1, 0.15) is 17.5 Å². The molecule has 1 aromatic heterocycles. The van der Waals surface area contributed by atoms with E-state index in [-0.39, 0.29) is 6.42 Å². The van der Waals surface area contributed by atoms with E-state index in [9.17, 15) is 9.90 Å². The van der Waals surface area contributed by atoms with Gasteiger partial charge in [0.05, 0.1) is 13.4 Å². The molecule has 112 valence electrons. The fraction of sp³-hybridized carbons (Fsp3) is 0.333. The van der Waals surface area contributed by atoms with E-state index in [2.05, 4.69) is 9.72 Å². The normalized spacial score (nSPS) is 13.7. The Morgan fingerprint density at radius 3 is 2.76 bits per heavy atom. The number of hydrogen-bond acceptors (Lipinski definition) is 5. The first-order valence-electron chi connectivity index (χ1n) is 6.68. The van der Waals surface area contributed by atoms with Crippen LogP contribution < -0.4 is 5.73 Å². The average molecular weight is 289 g/mol. The molecule has 0 amide bonds. The lowest BCUT2D eigenvalue weighted by atomic mass is 10.1. The minimum atomic E-state index is -0.769. The summed E-state index contributed by atoms with van der Waals surface area (Å²) < 4.78 is 6.22. The molecule has 0 aliphatic rings. The summed E-state index contributed by atoms with van der Waals surface area (Å²) in [6.45, 7) is 0. The standard InChI is InChI=1S/C15H19N3O3/c1-21-15(20)13(16)8-12-9-17-10-18(12)14(19)7-11-5-3-2-4-6-11/h2-6,9-10,13-14,19H,7-8,16H2,1H3/t13-,14?/m0/s1. The molecule has 0 aliphatic heterocycles. The van der Waals surface area contributed by atoms with Gasteiger partial charge in [-0.25, -0.2) is 4.98 Å². The number of rotatable bonds is 6. The van der Waals surface area contributed by atoms with Crippen LogP contribution in [0.2, 0.25) is 0 Å². The molecule has 0 saturated carbocycles. The lowest BCUT2D eigenvalue weighted by Gasteiger charge is -2.17. The fourth-order valence-electron chi connectivity index (χ4n) is 2.14. The highest BCUT2D eigenvalue weighted by Crippen LogP contribution is 2.15. The molecule has 1 unspecified atom stereocenters. The minimum Gasteiger partial charge on any atom is -0.468 e. The van der Waals surface area contributed by atoms with E-state index in [0.29, 0.717) is 12.1 Å². The summed E-state index contributed by atoms with van der Waals surface area (Å²) in [7, 11) is 1.30. The van der Waals surface area contributed by atoms with Crippen molar-refractivity contribution in [1.82, 2.24) is 9.55 Å². The molecule has 2 atom stereocenters. The lowest BCUT2D eigenvalue weighted by molar-refractivity contribution is -0.142. The van der Waals surface area contributed by atoms with Gasteiger partial charge in [0.2, 0.25) is 0 Å². The zero-order valence-corrected chi connectivity index (χ0v) is 11.8. The van der Waals surface area contributed by atoms with Crippen LogP contribution in [0.25, 0.3) is 0 Å². The van der Waals surface area contributed by atoms with Gasteiger partial charge < -0.3 is 20.1 Å². The van der Waals surface area contributed by atoms with Gasteiger partial charge in [-0.3, -0.25) is 4.79 Å². The van der Waals surface area contributed by atoms with E-state index in [1.165, 1.54) is 13.4 Å². The number of aromatic nitrogens is 2. The van der Waals surface area contributed by atoms with Crippen molar-refractivity contribution in [3.8, 4) is 0 Å². The maximum absolute atomic E-state index is 11.4. The van der Waals surface area contributed by atoms with E-state index in [1.807, 2.05) is 30.3 Å². The molecule has 21 heavy (non-hydrogen) atoms. The minimum absolute atomic E-state index is 0.262. The van der Waals surface area contributed by atoms with Crippen molar-refractivity contribution in [3.05, 3.63) is 54.1 Å². The molecular weight excluding hydrogens is 270 g/mol. The number of ether oxygens (including phenoxy) is 1. The number of aliphatic hydroxyl groups is 1. The average Bonchev–Trinajstić information content (AvgIpc) is 2.95. The fourth-order valence-corrected chi connectivity index (χ4v) is 2.14. The van der Waals surface area contributed by atoms with Gasteiger partial charge >= 0.3 is 5.97 Å². The van der Waals surface area contributed by atoms with Crippen molar-refractivity contribution >= 4 is 5.97 Å².